The van der Waals surface area contributed by atoms with Crippen LogP contribution >= 0.6 is 0 Å². The highest BCUT2D eigenvalue weighted by Gasteiger charge is 2.35. The Labute approximate surface area is 181 Å². The number of ether oxygens (including phenoxy) is 1. The van der Waals surface area contributed by atoms with Crippen LogP contribution in [0.1, 0.15) is 58.8 Å². The lowest BCUT2D eigenvalue weighted by molar-refractivity contribution is -0.126. The van der Waals surface area contributed by atoms with Gasteiger partial charge < -0.3 is 25.8 Å². The fourth-order valence-corrected chi connectivity index (χ4v) is 4.04. The molecule has 0 radical (unpaired) electrons. The van der Waals surface area contributed by atoms with Crippen molar-refractivity contribution in [2.24, 2.45) is 17.8 Å². The van der Waals surface area contributed by atoms with E-state index in [4.69, 9.17) is 4.74 Å². The third-order valence-electron chi connectivity index (χ3n) is 5.90. The molecule has 4 N–H and O–H groups in total. The van der Waals surface area contributed by atoms with E-state index in [2.05, 4.69) is 16.0 Å². The number of aliphatic hydroxyl groups excluding tert-OH is 1. The van der Waals surface area contributed by atoms with E-state index in [1.54, 1.807) is 0 Å². The molecule has 0 unspecified atom stereocenters. The van der Waals surface area contributed by atoms with Crippen molar-refractivity contribution >= 4 is 17.9 Å². The standard InChI is InChI=1S/C21H35F2N3O5/c1-13(2)9-17(19(29)25-16(11-27)10-15-5-8-24-18(15)28)26-20(30)31-12-14-3-6-21(22,23)7-4-14/h13-17,27H,3-12H2,1-2H3,(H,24,28)(H,25,29)(H,26,30)/t15-,16-,17-/m0/s1. The summed E-state index contributed by atoms with van der Waals surface area (Å²) in [5.74, 6) is -3.46. The van der Waals surface area contributed by atoms with Gasteiger partial charge in [-0.25, -0.2) is 13.6 Å². The Balaban J connectivity index is 1.83. The van der Waals surface area contributed by atoms with Gasteiger partial charge in [-0.1, -0.05) is 13.8 Å². The zero-order valence-electron chi connectivity index (χ0n) is 18.3. The van der Waals surface area contributed by atoms with Crippen molar-refractivity contribution in [2.45, 2.75) is 76.8 Å². The summed E-state index contributed by atoms with van der Waals surface area (Å²) in [5.41, 5.74) is 0. The maximum absolute atomic E-state index is 13.2. The second-order valence-corrected chi connectivity index (χ2v) is 9.12. The lowest BCUT2D eigenvalue weighted by Crippen LogP contribution is -2.51. The number of alkyl carbamates (subject to hydrolysis) is 1. The third-order valence-corrected chi connectivity index (χ3v) is 5.90. The van der Waals surface area contributed by atoms with E-state index < -0.39 is 30.0 Å². The molecule has 3 amide bonds. The maximum Gasteiger partial charge on any atom is 0.407 e. The Morgan fingerprint density at radius 3 is 2.45 bits per heavy atom. The lowest BCUT2D eigenvalue weighted by Gasteiger charge is -2.28. The van der Waals surface area contributed by atoms with Crippen LogP contribution in [-0.4, -0.2) is 60.8 Å². The Kier molecular flexibility index (Phi) is 9.46. The largest absolute Gasteiger partial charge is 0.449 e. The highest BCUT2D eigenvalue weighted by Crippen LogP contribution is 2.36. The summed E-state index contributed by atoms with van der Waals surface area (Å²) < 4.78 is 31.7. The normalized spacial score (nSPS) is 23.2. The van der Waals surface area contributed by atoms with Crippen molar-refractivity contribution < 1.29 is 33.0 Å². The van der Waals surface area contributed by atoms with Gasteiger partial charge in [-0.05, 0) is 43.9 Å². The molecule has 1 saturated heterocycles. The molecule has 0 spiro atoms. The molecule has 1 heterocycles. The second kappa shape index (κ2) is 11.6. The number of halogens is 2. The molecule has 1 aliphatic carbocycles. The molecular formula is C21H35F2N3O5. The van der Waals surface area contributed by atoms with Crippen LogP contribution < -0.4 is 16.0 Å². The number of rotatable bonds is 10. The van der Waals surface area contributed by atoms with E-state index in [1.807, 2.05) is 13.8 Å². The molecule has 1 aliphatic heterocycles. The molecule has 2 rings (SSSR count). The molecule has 1 saturated carbocycles. The van der Waals surface area contributed by atoms with Crippen LogP contribution in [0.4, 0.5) is 13.6 Å². The van der Waals surface area contributed by atoms with Gasteiger partial charge in [0.2, 0.25) is 17.7 Å². The van der Waals surface area contributed by atoms with Crippen molar-refractivity contribution in [2.75, 3.05) is 19.8 Å². The Morgan fingerprint density at radius 1 is 1.23 bits per heavy atom. The van der Waals surface area contributed by atoms with Gasteiger partial charge in [-0.3, -0.25) is 9.59 Å². The number of alkyl halides is 2. The highest BCUT2D eigenvalue weighted by molar-refractivity contribution is 5.86. The summed E-state index contributed by atoms with van der Waals surface area (Å²) in [6.07, 6.45) is 0.738. The number of hydrogen-bond acceptors (Lipinski definition) is 5. The van der Waals surface area contributed by atoms with Gasteiger partial charge >= 0.3 is 6.09 Å². The third kappa shape index (κ3) is 8.59. The van der Waals surface area contributed by atoms with E-state index in [-0.39, 0.29) is 49.7 Å². The number of aliphatic hydroxyl groups is 1. The van der Waals surface area contributed by atoms with Crippen LogP contribution in [0.5, 0.6) is 0 Å². The summed E-state index contributed by atoms with van der Waals surface area (Å²) in [5, 5.41) is 17.6. The van der Waals surface area contributed by atoms with Crippen LogP contribution in [0.3, 0.4) is 0 Å². The molecular weight excluding hydrogens is 412 g/mol. The van der Waals surface area contributed by atoms with E-state index in [0.717, 1.165) is 0 Å². The summed E-state index contributed by atoms with van der Waals surface area (Å²) >= 11 is 0. The molecule has 8 nitrogen and oxygen atoms in total. The second-order valence-electron chi connectivity index (χ2n) is 9.12. The molecule has 0 aromatic carbocycles. The number of amides is 3. The first-order chi connectivity index (χ1) is 14.6. The SMILES string of the molecule is CC(C)C[C@H](NC(=O)OCC1CCC(F)(F)CC1)C(=O)N[C@H](CO)C[C@@H]1CCNC1=O. The summed E-state index contributed by atoms with van der Waals surface area (Å²) in [6, 6.07) is -1.47. The van der Waals surface area contributed by atoms with E-state index in [0.29, 0.717) is 38.6 Å². The van der Waals surface area contributed by atoms with Gasteiger partial charge in [-0.15, -0.1) is 0 Å². The smallest absolute Gasteiger partial charge is 0.407 e. The number of nitrogens with one attached hydrogen (secondary N) is 3. The number of carbonyl (C=O) groups is 3. The lowest BCUT2D eigenvalue weighted by atomic mass is 9.87. The molecule has 0 bridgehead atoms. The first-order valence-electron chi connectivity index (χ1n) is 11.1. The van der Waals surface area contributed by atoms with Crippen molar-refractivity contribution in [3.8, 4) is 0 Å². The number of hydrogen-bond donors (Lipinski definition) is 4. The van der Waals surface area contributed by atoms with Gasteiger partial charge in [0.05, 0.1) is 19.3 Å². The van der Waals surface area contributed by atoms with Gasteiger partial charge in [0, 0.05) is 25.3 Å². The molecule has 0 aromatic heterocycles. The Bertz CT molecular complexity index is 622. The van der Waals surface area contributed by atoms with Crippen LogP contribution in [0.15, 0.2) is 0 Å². The Morgan fingerprint density at radius 2 is 1.90 bits per heavy atom. The van der Waals surface area contributed by atoms with Crippen LogP contribution in [-0.2, 0) is 14.3 Å². The topological polar surface area (TPSA) is 117 Å². The molecule has 178 valence electrons. The van der Waals surface area contributed by atoms with Gasteiger partial charge in [0.15, 0.2) is 0 Å². The minimum absolute atomic E-state index is 0.0357. The Hall–Kier alpha value is -1.97. The predicted molar refractivity (Wildman–Crippen MR) is 109 cm³/mol. The minimum Gasteiger partial charge on any atom is -0.449 e. The van der Waals surface area contributed by atoms with E-state index in [1.165, 1.54) is 0 Å². The average Bonchev–Trinajstić information content (AvgIpc) is 3.10. The summed E-state index contributed by atoms with van der Waals surface area (Å²) in [4.78, 5) is 36.7. The summed E-state index contributed by atoms with van der Waals surface area (Å²) in [7, 11) is 0. The van der Waals surface area contributed by atoms with E-state index in [9.17, 15) is 28.3 Å². The highest BCUT2D eigenvalue weighted by atomic mass is 19.3. The van der Waals surface area contributed by atoms with Crippen molar-refractivity contribution in [3.63, 3.8) is 0 Å². The molecule has 2 fully saturated rings. The summed E-state index contributed by atoms with van der Waals surface area (Å²) in [6.45, 7) is 4.11. The monoisotopic (exact) mass is 447 g/mol. The van der Waals surface area contributed by atoms with Gasteiger partial charge in [-0.2, -0.15) is 0 Å². The molecule has 3 atom stereocenters. The van der Waals surface area contributed by atoms with Crippen molar-refractivity contribution in [3.05, 3.63) is 0 Å². The molecule has 2 aliphatic rings. The zero-order valence-corrected chi connectivity index (χ0v) is 18.3. The fraction of sp³-hybridized carbons (Fsp3) is 0.857. The minimum atomic E-state index is -2.64. The first kappa shape index (κ1) is 25.3. The first-order valence-corrected chi connectivity index (χ1v) is 11.1. The molecule has 31 heavy (non-hydrogen) atoms. The predicted octanol–water partition coefficient (Wildman–Crippen LogP) is 1.96. The van der Waals surface area contributed by atoms with Gasteiger partial charge in [0.1, 0.15) is 6.04 Å². The van der Waals surface area contributed by atoms with Crippen LogP contribution in [0.2, 0.25) is 0 Å². The van der Waals surface area contributed by atoms with E-state index >= 15 is 0 Å². The van der Waals surface area contributed by atoms with Crippen molar-refractivity contribution in [1.82, 2.24) is 16.0 Å². The van der Waals surface area contributed by atoms with Crippen LogP contribution in [0.25, 0.3) is 0 Å². The molecule has 10 heteroatoms. The van der Waals surface area contributed by atoms with Crippen LogP contribution in [0, 0.1) is 17.8 Å². The maximum atomic E-state index is 13.2. The molecule has 0 aromatic rings. The van der Waals surface area contributed by atoms with Crippen molar-refractivity contribution in [1.29, 1.82) is 0 Å². The zero-order chi connectivity index (χ0) is 23.0. The average molecular weight is 448 g/mol. The number of carbonyl (C=O) groups excluding carboxylic acids is 3. The van der Waals surface area contributed by atoms with Gasteiger partial charge in [0.25, 0.3) is 0 Å². The fourth-order valence-electron chi connectivity index (χ4n) is 4.04. The quantitative estimate of drug-likeness (QED) is 0.409.